The highest BCUT2D eigenvalue weighted by atomic mass is 32.2. The van der Waals surface area contributed by atoms with Crippen LogP contribution in [0.1, 0.15) is 48.4 Å². The number of fused-ring (bicyclic) bond motifs is 1. The van der Waals surface area contributed by atoms with Crippen LogP contribution in [0.3, 0.4) is 0 Å². The van der Waals surface area contributed by atoms with E-state index in [4.69, 9.17) is 23.7 Å². The molecule has 0 spiro atoms. The lowest BCUT2D eigenvalue weighted by atomic mass is 9.94. The maximum atomic E-state index is 13.2. The summed E-state index contributed by atoms with van der Waals surface area (Å²) in [7, 11) is 0. The van der Waals surface area contributed by atoms with Gasteiger partial charge in [-0.15, -0.1) is 0 Å². The zero-order valence-electron chi connectivity index (χ0n) is 20.2. The standard InChI is InChI=1S/C24H24O12S/c1-10(25)32-9-17-21(33-11(2)26)22(34-12(3)27)23(35-13(4)28)24(36-17)37-18-8-16(30)14-6-5-7-15(29)19(14)20(18)31/h5-8,17,21-24,29H,9H2,1-4H3/t17-,21-,22+,23-,24+/m1/s1. The molecule has 0 radical (unpaired) electrons. The summed E-state index contributed by atoms with van der Waals surface area (Å²) in [4.78, 5) is 72.8. The molecule has 1 aromatic rings. The first-order valence-corrected chi connectivity index (χ1v) is 11.9. The fraction of sp³-hybridized carbons (Fsp3) is 0.417. The van der Waals surface area contributed by atoms with E-state index in [0.717, 1.165) is 33.8 Å². The van der Waals surface area contributed by atoms with Gasteiger partial charge in [-0.2, -0.15) is 0 Å². The first kappa shape index (κ1) is 27.9. The summed E-state index contributed by atoms with van der Waals surface area (Å²) in [5.41, 5.74) is -1.49. The van der Waals surface area contributed by atoms with Crippen LogP contribution in [0.25, 0.3) is 0 Å². The molecule has 1 fully saturated rings. The third kappa shape index (κ3) is 6.54. The minimum atomic E-state index is -1.42. The van der Waals surface area contributed by atoms with E-state index in [2.05, 4.69) is 0 Å². The summed E-state index contributed by atoms with van der Waals surface area (Å²) in [5.74, 6) is -4.72. The van der Waals surface area contributed by atoms with Crippen LogP contribution in [0.5, 0.6) is 5.75 Å². The number of ether oxygens (including phenoxy) is 5. The normalized spacial score (nSPS) is 24.9. The Labute approximate surface area is 215 Å². The summed E-state index contributed by atoms with van der Waals surface area (Å²) >= 11 is 0.673. The molecular weight excluding hydrogens is 512 g/mol. The largest absolute Gasteiger partial charge is 0.507 e. The number of phenols is 1. The van der Waals surface area contributed by atoms with Crippen LogP contribution in [0.4, 0.5) is 0 Å². The fourth-order valence-corrected chi connectivity index (χ4v) is 5.04. The third-order valence-corrected chi connectivity index (χ3v) is 6.38. The van der Waals surface area contributed by atoms with Gasteiger partial charge < -0.3 is 28.8 Å². The summed E-state index contributed by atoms with van der Waals surface area (Å²) < 4.78 is 27.0. The Bertz CT molecular complexity index is 1170. The smallest absolute Gasteiger partial charge is 0.303 e. The molecule has 37 heavy (non-hydrogen) atoms. The molecule has 0 amide bonds. The Morgan fingerprint density at radius 2 is 1.49 bits per heavy atom. The number of thioether (sulfide) groups is 1. The Morgan fingerprint density at radius 1 is 0.892 bits per heavy atom. The van der Waals surface area contributed by atoms with Crippen LogP contribution in [0, 0.1) is 0 Å². The molecule has 1 N–H and O–H groups in total. The molecule has 1 saturated heterocycles. The van der Waals surface area contributed by atoms with Crippen LogP contribution >= 0.6 is 11.8 Å². The lowest BCUT2D eigenvalue weighted by Crippen LogP contribution is -2.61. The van der Waals surface area contributed by atoms with Gasteiger partial charge in [0.05, 0.1) is 10.5 Å². The van der Waals surface area contributed by atoms with Crippen molar-refractivity contribution in [2.45, 2.75) is 57.5 Å². The number of phenolic OH excluding ortho intramolecular Hbond substituents is 1. The molecule has 2 aliphatic rings. The first-order chi connectivity index (χ1) is 17.4. The quantitative estimate of drug-likeness (QED) is 0.393. The Balaban J connectivity index is 2.03. The predicted molar refractivity (Wildman–Crippen MR) is 124 cm³/mol. The second-order valence-corrected chi connectivity index (χ2v) is 9.23. The number of rotatable bonds is 7. The molecule has 198 valence electrons. The second kappa shape index (κ2) is 11.6. The van der Waals surface area contributed by atoms with E-state index in [1.165, 1.54) is 18.2 Å². The molecule has 5 atom stereocenters. The lowest BCUT2D eigenvalue weighted by Gasteiger charge is -2.44. The van der Waals surface area contributed by atoms with Crippen LogP contribution < -0.4 is 0 Å². The Morgan fingerprint density at radius 3 is 2.08 bits per heavy atom. The van der Waals surface area contributed by atoms with Crippen molar-refractivity contribution in [1.29, 1.82) is 0 Å². The SMILES string of the molecule is CC(=O)OC[C@H]1O[C@@H](SC2=CC(=O)c3cccc(O)c3C2=O)[C@H](OC(C)=O)[C@@H](OC(C)=O)[C@@H]1OC(C)=O. The molecule has 0 unspecified atom stereocenters. The van der Waals surface area contributed by atoms with Gasteiger partial charge in [0.2, 0.25) is 5.78 Å². The molecule has 12 nitrogen and oxygen atoms in total. The zero-order chi connectivity index (χ0) is 27.4. The van der Waals surface area contributed by atoms with Crippen LogP contribution in [-0.2, 0) is 42.9 Å². The van der Waals surface area contributed by atoms with Crippen molar-refractivity contribution in [3.63, 3.8) is 0 Å². The summed E-state index contributed by atoms with van der Waals surface area (Å²) in [6.45, 7) is 3.96. The molecule has 1 aromatic carbocycles. The molecule has 1 aliphatic carbocycles. The maximum absolute atomic E-state index is 13.2. The highest BCUT2D eigenvalue weighted by molar-refractivity contribution is 8.04. The number of carbonyl (C=O) groups excluding carboxylic acids is 6. The van der Waals surface area contributed by atoms with Gasteiger partial charge in [-0.1, -0.05) is 23.9 Å². The lowest BCUT2D eigenvalue weighted by molar-refractivity contribution is -0.237. The number of Topliss-reactive ketones (excluding diaryl/α,β-unsaturated/α-hetero) is 1. The molecule has 3 rings (SSSR count). The van der Waals surface area contributed by atoms with E-state index in [1.807, 2.05) is 0 Å². The maximum Gasteiger partial charge on any atom is 0.303 e. The van der Waals surface area contributed by atoms with E-state index in [1.54, 1.807) is 0 Å². The molecule has 1 heterocycles. The van der Waals surface area contributed by atoms with Crippen molar-refractivity contribution in [2.75, 3.05) is 6.61 Å². The summed E-state index contributed by atoms with van der Waals surface area (Å²) in [6, 6.07) is 4.07. The van der Waals surface area contributed by atoms with Gasteiger partial charge >= 0.3 is 23.9 Å². The minimum absolute atomic E-state index is 0.0101. The van der Waals surface area contributed by atoms with Gasteiger partial charge in [0, 0.05) is 39.3 Å². The molecule has 0 bridgehead atoms. The van der Waals surface area contributed by atoms with Crippen LogP contribution in [0.15, 0.2) is 29.2 Å². The number of esters is 4. The van der Waals surface area contributed by atoms with Crippen molar-refractivity contribution < 1.29 is 57.6 Å². The number of carbonyl (C=O) groups is 6. The average Bonchev–Trinajstić information content (AvgIpc) is 2.78. The van der Waals surface area contributed by atoms with Crippen molar-refractivity contribution in [3.8, 4) is 5.75 Å². The monoisotopic (exact) mass is 536 g/mol. The van der Waals surface area contributed by atoms with Crippen molar-refractivity contribution in [1.82, 2.24) is 0 Å². The van der Waals surface area contributed by atoms with Crippen molar-refractivity contribution in [2.24, 2.45) is 0 Å². The van der Waals surface area contributed by atoms with Gasteiger partial charge in [-0.3, -0.25) is 28.8 Å². The molecule has 0 saturated carbocycles. The minimum Gasteiger partial charge on any atom is -0.507 e. The van der Waals surface area contributed by atoms with E-state index in [0.29, 0.717) is 11.8 Å². The Hall–Kier alpha value is -3.71. The van der Waals surface area contributed by atoms with Crippen molar-refractivity contribution in [3.05, 3.63) is 40.3 Å². The summed E-state index contributed by atoms with van der Waals surface area (Å²) in [5, 5.41) is 10.2. The van der Waals surface area contributed by atoms with Crippen LogP contribution in [-0.4, -0.2) is 77.0 Å². The van der Waals surface area contributed by atoms with Crippen molar-refractivity contribution >= 4 is 47.2 Å². The topological polar surface area (TPSA) is 169 Å². The molecule has 1 aliphatic heterocycles. The number of allylic oxidation sites excluding steroid dienone is 2. The fourth-order valence-electron chi connectivity index (χ4n) is 3.87. The van der Waals surface area contributed by atoms with Gasteiger partial charge in [-0.05, 0) is 6.07 Å². The van der Waals surface area contributed by atoms with Gasteiger partial charge in [0.25, 0.3) is 0 Å². The van der Waals surface area contributed by atoms with Gasteiger partial charge in [0.1, 0.15) is 23.9 Å². The number of hydrogen-bond donors (Lipinski definition) is 1. The highest BCUT2D eigenvalue weighted by Gasteiger charge is 2.53. The van der Waals surface area contributed by atoms with Gasteiger partial charge in [-0.25, -0.2) is 0 Å². The highest BCUT2D eigenvalue weighted by Crippen LogP contribution is 2.41. The second-order valence-electron chi connectivity index (χ2n) is 8.09. The van der Waals surface area contributed by atoms with Gasteiger partial charge in [0.15, 0.2) is 24.1 Å². The number of aromatic hydroxyl groups is 1. The van der Waals surface area contributed by atoms with Crippen LogP contribution in [0.2, 0.25) is 0 Å². The molecular formula is C24H24O12S. The third-order valence-electron chi connectivity index (χ3n) is 5.21. The van der Waals surface area contributed by atoms with E-state index in [9.17, 15) is 33.9 Å². The predicted octanol–water partition coefficient (Wildman–Crippen LogP) is 1.47. The Kier molecular flexibility index (Phi) is 8.71. The van der Waals surface area contributed by atoms with E-state index < -0.39 is 77.7 Å². The molecule has 0 aromatic heterocycles. The number of benzene rings is 1. The first-order valence-electron chi connectivity index (χ1n) is 11.0. The van der Waals surface area contributed by atoms with E-state index >= 15 is 0 Å². The number of hydrogen-bond acceptors (Lipinski definition) is 13. The molecule has 13 heteroatoms. The van der Waals surface area contributed by atoms with E-state index in [-0.39, 0.29) is 16.0 Å². The number of ketones is 2. The zero-order valence-corrected chi connectivity index (χ0v) is 21.1. The average molecular weight is 537 g/mol. The summed E-state index contributed by atoms with van der Waals surface area (Å²) in [6.07, 6.45) is -4.36.